The monoisotopic (exact) mass is 2090 g/mol. The molecule has 8 rings (SSSR count). The largest absolute Gasteiger partial charge is 0.479 e. The van der Waals surface area contributed by atoms with Crippen molar-refractivity contribution in [3.8, 4) is 0 Å². The number of amides is 2. The first kappa shape index (κ1) is 111. The molecule has 70 nitrogen and oxygen atoms in total. The summed E-state index contributed by atoms with van der Waals surface area (Å²) in [6.45, 7) is -4.56. The van der Waals surface area contributed by atoms with Gasteiger partial charge in [-0.2, -0.15) is 76.8 Å². The van der Waals surface area contributed by atoms with Gasteiger partial charge in [0.1, 0.15) is 152 Å². The predicted octanol–water partition coefficient (Wildman–Crippen LogP) is -18.8. The molecule has 2 amide bonds. The molecule has 78 heteroatoms. The number of ether oxygens (including phenoxy) is 15. The van der Waals surface area contributed by atoms with Crippen LogP contribution in [0.25, 0.3) is 0 Å². The van der Waals surface area contributed by atoms with Crippen LogP contribution in [0.4, 0.5) is 0 Å². The Morgan fingerprint density at radius 2 is 0.550 bits per heavy atom. The van der Waals surface area contributed by atoms with E-state index in [0.29, 0.717) is 6.92 Å². The number of aliphatic hydroxyl groups excluding tert-OH is 11. The van der Waals surface area contributed by atoms with Crippen LogP contribution >= 0.6 is 0 Å². The summed E-state index contributed by atoms with van der Waals surface area (Å²) in [5.74, 6) is -13.0. The second kappa shape index (κ2) is 43.4. The highest BCUT2D eigenvalue weighted by molar-refractivity contribution is 7.84. The lowest BCUT2D eigenvalue weighted by Crippen LogP contribution is -2.72. The van der Waals surface area contributed by atoms with Crippen molar-refractivity contribution < 1.29 is 305 Å². The van der Waals surface area contributed by atoms with Crippen molar-refractivity contribution in [1.82, 2.24) is 20.1 Å². The average Bonchev–Trinajstić information content (AvgIpc) is 0.735. The van der Waals surface area contributed by atoms with Gasteiger partial charge in [-0.15, -0.1) is 0 Å². The fourth-order valence-electron chi connectivity index (χ4n) is 14.1. The predicted molar refractivity (Wildman–Crippen MR) is 380 cm³/mol. The van der Waals surface area contributed by atoms with Crippen LogP contribution in [0.15, 0.2) is 0 Å². The number of hydrogen-bond donors (Lipinski definition) is 27. The molecule has 0 spiro atoms. The Balaban J connectivity index is 1.13. The summed E-state index contributed by atoms with van der Waals surface area (Å²) >= 11 is 0. The van der Waals surface area contributed by atoms with Gasteiger partial charge in [0.05, 0.1) is 32.5 Å². The van der Waals surface area contributed by atoms with E-state index in [4.69, 9.17) is 71.1 Å². The van der Waals surface area contributed by atoms with Gasteiger partial charge in [-0.25, -0.2) is 44.3 Å². The summed E-state index contributed by atoms with van der Waals surface area (Å²) in [6, 6.07) is -10.8. The van der Waals surface area contributed by atoms with E-state index in [-0.39, 0.29) is 0 Å². The number of aliphatic carboxylic acids is 4. The molecule has 0 bridgehead atoms. The second-order valence-electron chi connectivity index (χ2n) is 28.7. The molecule has 8 aliphatic rings. The van der Waals surface area contributed by atoms with E-state index < -0.39 is 390 Å². The van der Waals surface area contributed by atoms with Crippen molar-refractivity contribution in [2.45, 2.75) is 260 Å². The van der Waals surface area contributed by atoms with Gasteiger partial charge in [0, 0.05) is 19.8 Å². The zero-order valence-electron chi connectivity index (χ0n) is 65.0. The lowest BCUT2D eigenvalue weighted by molar-refractivity contribution is -0.379. The number of carbonyl (C=O) groups excluding carboxylic acids is 2. The Hall–Kier alpha value is -5.26. The van der Waals surface area contributed by atoms with Crippen molar-refractivity contribution in [2.75, 3.05) is 26.4 Å². The summed E-state index contributed by atoms with van der Waals surface area (Å²) < 4.78 is 388. The molecule has 8 fully saturated rings. The first-order chi connectivity index (χ1) is 59.8. The fourth-order valence-corrected chi connectivity index (χ4v) is 17.5. The van der Waals surface area contributed by atoms with E-state index in [1.165, 1.54) is 4.72 Å². The Kier molecular flexibility index (Phi) is 36.8. The van der Waals surface area contributed by atoms with E-state index in [2.05, 4.69) is 25.1 Å². The van der Waals surface area contributed by atoms with Gasteiger partial charge >= 0.3 is 107 Å². The van der Waals surface area contributed by atoms with Crippen molar-refractivity contribution >= 4 is 119 Å². The minimum Gasteiger partial charge on any atom is -0.479 e. The van der Waals surface area contributed by atoms with Crippen LogP contribution in [-0.4, -0.2) is 482 Å². The van der Waals surface area contributed by atoms with E-state index in [1.54, 1.807) is 0 Å². The third-order valence-corrected chi connectivity index (χ3v) is 23.3. The van der Waals surface area contributed by atoms with Crippen LogP contribution in [0.5, 0.6) is 0 Å². The second-order valence-corrected chi connectivity index (χ2v) is 37.6. The minimum absolute atomic E-state index is 0.701. The van der Waals surface area contributed by atoms with Gasteiger partial charge in [-0.3, -0.25) is 46.0 Å². The summed E-state index contributed by atoms with van der Waals surface area (Å²) in [5.41, 5.74) is 0. The highest BCUT2D eigenvalue weighted by Crippen LogP contribution is 2.42. The van der Waals surface area contributed by atoms with E-state index in [0.717, 1.165) is 18.6 Å². The molecular formula is C53H84N4O66S8. The maximum Gasteiger partial charge on any atom is 0.397 e. The molecule has 0 aliphatic carbocycles. The van der Waals surface area contributed by atoms with Gasteiger partial charge in [-0.1, -0.05) is 6.92 Å². The summed E-state index contributed by atoms with van der Waals surface area (Å²) in [7, 11) is -48.5. The van der Waals surface area contributed by atoms with Crippen LogP contribution in [-0.2, 0) is 208 Å². The summed E-state index contributed by atoms with van der Waals surface area (Å²) in [5, 5.41) is 172. The zero-order chi connectivity index (χ0) is 99.1. The molecule has 27 N–H and O–H groups in total. The molecule has 3 unspecified atom stereocenters. The number of hydrogen-bond acceptors (Lipinski definition) is 54. The smallest absolute Gasteiger partial charge is 0.397 e. The van der Waals surface area contributed by atoms with E-state index >= 15 is 0 Å². The summed E-state index contributed by atoms with van der Waals surface area (Å²) in [6.07, 6.45) is -101. The molecule has 131 heavy (non-hydrogen) atoms. The maximum atomic E-state index is 13.5. The number of aliphatic hydroxyl groups is 11. The highest BCUT2D eigenvalue weighted by Gasteiger charge is 2.64. The molecule has 8 aliphatic heterocycles. The van der Waals surface area contributed by atoms with Crippen molar-refractivity contribution in [3.05, 3.63) is 0 Å². The lowest BCUT2D eigenvalue weighted by Gasteiger charge is -2.51. The number of carbonyl (C=O) groups is 6. The van der Waals surface area contributed by atoms with Gasteiger partial charge in [0.2, 0.25) is 11.8 Å². The topological polar surface area (TPSA) is 1080 Å². The van der Waals surface area contributed by atoms with Crippen LogP contribution in [0.2, 0.25) is 0 Å². The number of carboxylic acid groups (broad SMARTS) is 4. The number of rotatable bonds is 40. The SMILES string of the molecule is CC(=O)N[C@H]1[C@@H](O[C@H]2[C@H](O)[C@@H](O)[C@H](O[C@H]3[C@H](OS(=O)(=O)O)[C@@H](NS(=O)(=O)O)[C@@H](O[C@H]4[C@H](O)[C@@H](OS(=O)(=O)O)C(O[C@H]5[C@H](O)[C@@H](NS(=O)(=O)O)[C@@H](O[C@H]6[C@H](O)[C@@H](O)[C@H](O[C@H]7[C@H](O)[C@@H](NC(C)=O)C(O)O[C@@H]7COS(=O)(=O)O)O[C@H]6C(=O)O)O[C@@H]5COS(=O)(=O)O)O[C@H]4C(=O)O)O[C@@H]3COS(=O)(=O)O)O[C@@H]2C(=O)O)O[C@H](COS(=O)(=O)O)[C@@H](O[C@@H]2OC(C(=O)O)[C@@H](C)[C@H](O)[C@H]2O)[C@@H]1O. The van der Waals surface area contributed by atoms with Gasteiger partial charge in [-0.05, 0) is 0 Å². The molecule has 0 saturated carbocycles. The quantitative estimate of drug-likeness (QED) is 0.0253. The molecule has 8 heterocycles. The average molecular weight is 2090 g/mol. The molecule has 8 saturated heterocycles. The number of nitrogens with one attached hydrogen (secondary N) is 4. The minimum atomic E-state index is -6.52. The van der Waals surface area contributed by atoms with Crippen molar-refractivity contribution in [2.24, 2.45) is 5.92 Å². The molecule has 0 aromatic rings. The first-order valence-electron chi connectivity index (χ1n) is 35.9. The molecular weight excluding hydrogens is 2010 g/mol. The standard InChI is InChI=1S/C53H84N4O66S8/c1-8-19(60)25(66)50(111-29(8)42(70)71)113-31-12(5-104-127(88,89)90)108-47(16(21(31)62)55-10(3)59)116-35-24(65)27(68)52(120-39(35)43(72)73)115-33-14(7-106-129(94,95)96)110-49(18(57-125(82,83)84)34(33)122-130(97,98)99)118-37-28(69)38(123-131(100,101)102)53(121-41(37)45(76)77)114-32-13(6-105-128(91,92)93)109-48(17(22(32)63)56-124(79,80)81)117-36-23(64)26(67)51(119-40(36)44(74)75)112-30-11(4-103-126(85,86)87)107-46(78)15(20(30)61)54-9(2)58/h8,11-41,46-53,56-57,60-69,78H,4-7H2,1-3H3,(H,54,58)(H,55,59)(H,70,71)(H,72,73)(H,74,75)(H,76,77)(H,79,80,81)(H,82,83,84)(H,85,86,87)(H,88,89,90)(H,91,92,93)(H,94,95,96)(H,97,98,99)(H,100,101,102)/t8-,11+,12+,13+,14+,15+,16+,17+,18+,19-,20+,21+,22+,23+,24+,25+,26+,27+,28-,29?,30+,31+,32+,33+,34+,35-,36-,37-,38+,39-,40+,41+,46?,47+,48+,49+,50-,51+,52+,53?/m0/s1. The molecule has 40 atom stereocenters. The van der Waals surface area contributed by atoms with Crippen LogP contribution in [0, 0.1) is 5.92 Å². The van der Waals surface area contributed by atoms with Crippen molar-refractivity contribution in [1.29, 1.82) is 0 Å². The first-order valence-corrected chi connectivity index (χ1v) is 46.9. The van der Waals surface area contributed by atoms with Crippen molar-refractivity contribution in [3.63, 3.8) is 0 Å². The molecule has 0 aromatic carbocycles. The maximum absolute atomic E-state index is 13.5. The third kappa shape index (κ3) is 29.9. The zero-order valence-corrected chi connectivity index (χ0v) is 71.6. The normalized spacial score (nSPS) is 41.0. The van der Waals surface area contributed by atoms with Gasteiger partial charge < -0.3 is 158 Å². The molecule has 0 aromatic heterocycles. The molecule has 760 valence electrons. The number of carboxylic acids is 4. The Bertz CT molecular complexity index is 4990. The van der Waals surface area contributed by atoms with Crippen LogP contribution < -0.4 is 20.1 Å². The molecule has 0 radical (unpaired) electrons. The van der Waals surface area contributed by atoms with E-state index in [9.17, 15) is 209 Å². The summed E-state index contributed by atoms with van der Waals surface area (Å²) in [4.78, 5) is 76.5. The van der Waals surface area contributed by atoms with Gasteiger partial charge in [0.25, 0.3) is 0 Å². The van der Waals surface area contributed by atoms with Crippen LogP contribution in [0.3, 0.4) is 0 Å². The third-order valence-electron chi connectivity index (χ3n) is 19.5. The highest BCUT2D eigenvalue weighted by atomic mass is 32.3. The van der Waals surface area contributed by atoms with Crippen LogP contribution in [0.1, 0.15) is 20.8 Å². The Morgan fingerprint density at radius 3 is 0.908 bits per heavy atom. The van der Waals surface area contributed by atoms with E-state index in [1.807, 2.05) is 10.6 Å². The lowest BCUT2D eigenvalue weighted by atomic mass is 9.90. The fraction of sp³-hybridized carbons (Fsp3) is 0.887. The Morgan fingerprint density at radius 1 is 0.275 bits per heavy atom. The Labute approximate surface area is 733 Å². The van der Waals surface area contributed by atoms with Gasteiger partial charge in [0.15, 0.2) is 80.8 Å².